The number of non-ortho nitro benzene ring substituents is 1. The fourth-order valence-corrected chi connectivity index (χ4v) is 3.30. The van der Waals surface area contributed by atoms with E-state index >= 15 is 0 Å². The molecule has 0 fully saturated rings. The molecule has 0 saturated heterocycles. The summed E-state index contributed by atoms with van der Waals surface area (Å²) in [7, 11) is -3.29. The van der Waals surface area contributed by atoms with Crippen LogP contribution in [0.2, 0.25) is 5.02 Å². The number of sulfone groups is 1. The second kappa shape index (κ2) is 7.84. The largest absolute Gasteiger partial charge is 0.345 e. The summed E-state index contributed by atoms with van der Waals surface area (Å²) in [6.07, 6.45) is 1.69. The number of carbonyl (C=O) groups is 1. The summed E-state index contributed by atoms with van der Waals surface area (Å²) in [4.78, 5) is 22.8. The minimum atomic E-state index is -3.29. The van der Waals surface area contributed by atoms with E-state index in [9.17, 15) is 23.3 Å². The average molecular weight is 397 g/mol. The molecule has 0 heterocycles. The van der Waals surface area contributed by atoms with E-state index in [1.807, 2.05) is 6.92 Å². The zero-order valence-corrected chi connectivity index (χ0v) is 15.7. The van der Waals surface area contributed by atoms with Gasteiger partial charge in [-0.2, -0.15) is 0 Å². The molecule has 0 aliphatic rings. The van der Waals surface area contributed by atoms with E-state index in [0.29, 0.717) is 6.42 Å². The van der Waals surface area contributed by atoms with Gasteiger partial charge in [0.25, 0.3) is 11.6 Å². The van der Waals surface area contributed by atoms with Crippen molar-refractivity contribution in [3.8, 4) is 0 Å². The average Bonchev–Trinajstić information content (AvgIpc) is 2.58. The lowest BCUT2D eigenvalue weighted by Crippen LogP contribution is -2.28. The standard InChI is InChI=1S/C17H17ClN2O5S/c1-3-16(11-4-7-13(8-5-11)26(2,24)25)19-17(21)14-9-6-12(20(22)23)10-15(14)18/h4-10,16H,3H2,1-2H3,(H,19,21)/t16-/m1/s1. The highest BCUT2D eigenvalue weighted by Crippen LogP contribution is 2.24. The third-order valence-corrected chi connectivity index (χ3v) is 5.27. The van der Waals surface area contributed by atoms with Crippen LogP contribution >= 0.6 is 11.6 Å². The van der Waals surface area contributed by atoms with Crippen molar-refractivity contribution in [1.82, 2.24) is 5.32 Å². The van der Waals surface area contributed by atoms with Crippen LogP contribution in [0.3, 0.4) is 0 Å². The van der Waals surface area contributed by atoms with E-state index in [4.69, 9.17) is 11.6 Å². The zero-order chi connectivity index (χ0) is 19.5. The van der Waals surface area contributed by atoms with Crippen LogP contribution in [-0.2, 0) is 9.84 Å². The Hall–Kier alpha value is -2.45. The number of nitro groups is 1. The fourth-order valence-electron chi connectivity index (χ4n) is 2.41. The van der Waals surface area contributed by atoms with E-state index in [1.165, 1.54) is 24.3 Å². The maximum atomic E-state index is 12.5. The van der Waals surface area contributed by atoms with Crippen LogP contribution in [0.25, 0.3) is 0 Å². The Morgan fingerprint density at radius 2 is 1.85 bits per heavy atom. The van der Waals surface area contributed by atoms with Crippen molar-refractivity contribution in [3.63, 3.8) is 0 Å². The van der Waals surface area contributed by atoms with Crippen LogP contribution in [0.15, 0.2) is 47.4 Å². The molecule has 0 aromatic heterocycles. The first-order chi connectivity index (χ1) is 12.1. The molecule has 0 saturated carbocycles. The van der Waals surface area contributed by atoms with Crippen LogP contribution in [0, 0.1) is 10.1 Å². The Morgan fingerprint density at radius 1 is 1.23 bits per heavy atom. The monoisotopic (exact) mass is 396 g/mol. The number of hydrogen-bond donors (Lipinski definition) is 1. The number of amides is 1. The van der Waals surface area contributed by atoms with Gasteiger partial charge in [0.05, 0.1) is 26.4 Å². The van der Waals surface area contributed by atoms with Crippen molar-refractivity contribution in [3.05, 3.63) is 68.7 Å². The van der Waals surface area contributed by atoms with Gasteiger partial charge in [0, 0.05) is 18.4 Å². The Labute approximate surface area is 156 Å². The molecule has 0 aliphatic heterocycles. The van der Waals surface area contributed by atoms with Crippen LogP contribution in [0.4, 0.5) is 5.69 Å². The first-order valence-electron chi connectivity index (χ1n) is 7.68. The van der Waals surface area contributed by atoms with E-state index < -0.39 is 20.7 Å². The van der Waals surface area contributed by atoms with Crippen molar-refractivity contribution < 1.29 is 18.1 Å². The molecule has 0 bridgehead atoms. The van der Waals surface area contributed by atoms with Gasteiger partial charge >= 0.3 is 0 Å². The molecule has 138 valence electrons. The molecule has 0 spiro atoms. The van der Waals surface area contributed by atoms with Crippen LogP contribution in [0.1, 0.15) is 35.3 Å². The molecule has 0 aliphatic carbocycles. The molecular weight excluding hydrogens is 380 g/mol. The highest BCUT2D eigenvalue weighted by Gasteiger charge is 2.19. The predicted molar refractivity (Wildman–Crippen MR) is 98.2 cm³/mol. The lowest BCUT2D eigenvalue weighted by molar-refractivity contribution is -0.384. The summed E-state index contributed by atoms with van der Waals surface area (Å²) in [5.74, 6) is -0.469. The number of carbonyl (C=O) groups excluding carboxylic acids is 1. The Kier molecular flexibility index (Phi) is 5.99. The lowest BCUT2D eigenvalue weighted by Gasteiger charge is -2.18. The van der Waals surface area contributed by atoms with Gasteiger partial charge in [-0.05, 0) is 30.2 Å². The molecule has 26 heavy (non-hydrogen) atoms. The first-order valence-corrected chi connectivity index (χ1v) is 9.95. The lowest BCUT2D eigenvalue weighted by atomic mass is 10.0. The Morgan fingerprint density at radius 3 is 2.31 bits per heavy atom. The van der Waals surface area contributed by atoms with Gasteiger partial charge in [-0.1, -0.05) is 30.7 Å². The molecule has 7 nitrogen and oxygen atoms in total. The quantitative estimate of drug-likeness (QED) is 0.593. The molecule has 2 aromatic carbocycles. The molecule has 1 amide bonds. The van der Waals surface area contributed by atoms with E-state index in [0.717, 1.165) is 17.9 Å². The summed E-state index contributed by atoms with van der Waals surface area (Å²) in [6, 6.07) is 9.53. The normalized spacial score (nSPS) is 12.4. The van der Waals surface area contributed by atoms with Gasteiger partial charge in [-0.3, -0.25) is 14.9 Å². The highest BCUT2D eigenvalue weighted by atomic mass is 35.5. The topological polar surface area (TPSA) is 106 Å². The number of hydrogen-bond acceptors (Lipinski definition) is 5. The van der Waals surface area contributed by atoms with Crippen molar-refractivity contribution in [1.29, 1.82) is 0 Å². The summed E-state index contributed by atoms with van der Waals surface area (Å²) in [5.41, 5.74) is 0.671. The zero-order valence-electron chi connectivity index (χ0n) is 14.1. The predicted octanol–water partition coefficient (Wildman–Crippen LogP) is 3.53. The van der Waals surface area contributed by atoms with Crippen LogP contribution in [0.5, 0.6) is 0 Å². The number of rotatable bonds is 6. The van der Waals surface area contributed by atoms with Gasteiger partial charge in [0.2, 0.25) is 0 Å². The van der Waals surface area contributed by atoms with E-state index in [-0.39, 0.29) is 27.2 Å². The maximum Gasteiger partial charge on any atom is 0.270 e. The minimum Gasteiger partial charge on any atom is -0.345 e. The summed E-state index contributed by atoms with van der Waals surface area (Å²) in [6.45, 7) is 1.87. The van der Waals surface area contributed by atoms with E-state index in [2.05, 4.69) is 5.32 Å². The molecule has 1 N–H and O–H groups in total. The molecule has 0 unspecified atom stereocenters. The van der Waals surface area contributed by atoms with Crippen molar-refractivity contribution in [2.75, 3.05) is 6.26 Å². The molecule has 2 aromatic rings. The van der Waals surface area contributed by atoms with Crippen LogP contribution in [-0.4, -0.2) is 25.5 Å². The third-order valence-electron chi connectivity index (χ3n) is 3.83. The smallest absolute Gasteiger partial charge is 0.270 e. The number of halogens is 1. The van der Waals surface area contributed by atoms with Gasteiger partial charge in [-0.25, -0.2) is 8.42 Å². The van der Waals surface area contributed by atoms with Crippen molar-refractivity contribution >= 4 is 33.0 Å². The Balaban J connectivity index is 2.22. The Bertz CT molecular complexity index is 942. The third kappa shape index (κ3) is 4.59. The molecule has 9 heteroatoms. The van der Waals surface area contributed by atoms with E-state index in [1.54, 1.807) is 12.1 Å². The van der Waals surface area contributed by atoms with Gasteiger partial charge < -0.3 is 5.32 Å². The second-order valence-corrected chi connectivity index (χ2v) is 8.12. The van der Waals surface area contributed by atoms with Gasteiger partial charge in [-0.15, -0.1) is 0 Å². The molecular formula is C17H17ClN2O5S. The summed E-state index contributed by atoms with van der Waals surface area (Å²) >= 11 is 5.98. The van der Waals surface area contributed by atoms with Crippen molar-refractivity contribution in [2.24, 2.45) is 0 Å². The molecule has 1 atom stereocenters. The minimum absolute atomic E-state index is 0.0148. The molecule has 0 radical (unpaired) electrons. The first kappa shape index (κ1) is 19.9. The van der Waals surface area contributed by atoms with Gasteiger partial charge in [0.15, 0.2) is 9.84 Å². The molecule has 2 rings (SSSR count). The summed E-state index contributed by atoms with van der Waals surface area (Å²) in [5, 5.41) is 13.5. The van der Waals surface area contributed by atoms with Gasteiger partial charge in [0.1, 0.15) is 0 Å². The number of nitrogens with one attached hydrogen (secondary N) is 1. The number of benzene rings is 2. The van der Waals surface area contributed by atoms with Crippen molar-refractivity contribution in [2.45, 2.75) is 24.3 Å². The second-order valence-electron chi connectivity index (χ2n) is 5.70. The number of nitro benzene ring substituents is 1. The SMILES string of the molecule is CC[C@@H](NC(=O)c1ccc([N+](=O)[O-])cc1Cl)c1ccc(S(C)(=O)=O)cc1. The van der Waals surface area contributed by atoms with Crippen LogP contribution < -0.4 is 5.32 Å². The fraction of sp³-hybridized carbons (Fsp3) is 0.235. The maximum absolute atomic E-state index is 12.5. The highest BCUT2D eigenvalue weighted by molar-refractivity contribution is 7.90. The summed E-state index contributed by atoms with van der Waals surface area (Å²) < 4.78 is 23.1. The number of nitrogens with zero attached hydrogens (tertiary/aromatic N) is 1.